The van der Waals surface area contributed by atoms with Crippen LogP contribution in [0, 0.1) is 11.8 Å². The van der Waals surface area contributed by atoms with Crippen LogP contribution in [-0.2, 0) is 0 Å². The summed E-state index contributed by atoms with van der Waals surface area (Å²) in [5.74, 6) is 5.47. The van der Waals surface area contributed by atoms with Gasteiger partial charge in [-0.1, -0.05) is 11.8 Å². The van der Waals surface area contributed by atoms with E-state index in [1.807, 2.05) is 31.3 Å². The number of hydrogen-bond donors (Lipinski definition) is 1. The Morgan fingerprint density at radius 3 is 2.75 bits per heavy atom. The molecule has 5 heteroatoms. The summed E-state index contributed by atoms with van der Waals surface area (Å²) in [4.78, 5) is 17.1. The third-order valence-corrected chi connectivity index (χ3v) is 3.68. The minimum absolute atomic E-state index is 0.0551. The third-order valence-electron chi connectivity index (χ3n) is 2.84. The minimum atomic E-state index is -0.160. The molecule has 0 saturated heterocycles. The van der Waals surface area contributed by atoms with E-state index in [2.05, 4.69) is 16.7 Å². The standard InChI is InChI=1S/C15H22N2O2S/c1-4-17(9-6-8-16(2)3)15(19)13-11-14(20-12-13)7-5-10-18/h11-12,18H,4,6,8-10H2,1-3H3. The van der Waals surface area contributed by atoms with Crippen LogP contribution >= 0.6 is 11.3 Å². The minimum Gasteiger partial charge on any atom is -0.384 e. The van der Waals surface area contributed by atoms with E-state index in [9.17, 15) is 4.79 Å². The Kier molecular flexibility index (Phi) is 7.31. The van der Waals surface area contributed by atoms with Gasteiger partial charge in [0.15, 0.2) is 0 Å². The van der Waals surface area contributed by atoms with Crippen LogP contribution in [0.2, 0.25) is 0 Å². The number of nitrogens with zero attached hydrogens (tertiary/aromatic N) is 2. The number of rotatable bonds is 6. The fraction of sp³-hybridized carbons (Fsp3) is 0.533. The normalized spacial score (nSPS) is 10.2. The van der Waals surface area contributed by atoms with E-state index in [0.717, 1.165) is 24.4 Å². The molecule has 20 heavy (non-hydrogen) atoms. The Hall–Kier alpha value is -1.35. The Bertz CT molecular complexity index is 486. The van der Waals surface area contributed by atoms with Crippen LogP contribution in [0.4, 0.5) is 0 Å². The SMILES string of the molecule is CCN(CCCN(C)C)C(=O)c1csc(C#CCO)c1. The van der Waals surface area contributed by atoms with Gasteiger partial charge in [-0.3, -0.25) is 4.79 Å². The quantitative estimate of drug-likeness (QED) is 0.809. The van der Waals surface area contributed by atoms with Crippen molar-refractivity contribution in [2.75, 3.05) is 40.3 Å². The second-order valence-corrected chi connectivity index (χ2v) is 5.61. The summed E-state index contributed by atoms with van der Waals surface area (Å²) in [5.41, 5.74) is 0.684. The van der Waals surface area contributed by atoms with Crippen molar-refractivity contribution in [2.24, 2.45) is 0 Å². The summed E-state index contributed by atoms with van der Waals surface area (Å²) in [6, 6.07) is 1.80. The molecule has 110 valence electrons. The van der Waals surface area contributed by atoms with E-state index in [1.54, 1.807) is 6.07 Å². The van der Waals surface area contributed by atoms with E-state index in [4.69, 9.17) is 5.11 Å². The maximum absolute atomic E-state index is 12.4. The van der Waals surface area contributed by atoms with E-state index in [1.165, 1.54) is 11.3 Å². The zero-order valence-electron chi connectivity index (χ0n) is 12.3. The molecule has 0 fully saturated rings. The molecule has 0 saturated carbocycles. The predicted molar refractivity (Wildman–Crippen MR) is 83.0 cm³/mol. The summed E-state index contributed by atoms with van der Waals surface area (Å²) in [7, 11) is 4.06. The lowest BCUT2D eigenvalue weighted by Crippen LogP contribution is -2.33. The number of amides is 1. The van der Waals surface area contributed by atoms with Crippen molar-refractivity contribution in [3.8, 4) is 11.8 Å². The van der Waals surface area contributed by atoms with Crippen molar-refractivity contribution in [3.05, 3.63) is 21.9 Å². The molecule has 0 unspecified atom stereocenters. The molecule has 1 rings (SSSR count). The first-order valence-electron chi connectivity index (χ1n) is 6.70. The highest BCUT2D eigenvalue weighted by Crippen LogP contribution is 2.15. The highest BCUT2D eigenvalue weighted by molar-refractivity contribution is 7.10. The van der Waals surface area contributed by atoms with Gasteiger partial charge < -0.3 is 14.9 Å². The molecule has 0 atom stereocenters. The van der Waals surface area contributed by atoms with Gasteiger partial charge in [0.2, 0.25) is 0 Å². The number of aliphatic hydroxyl groups excluding tert-OH is 1. The van der Waals surface area contributed by atoms with E-state index < -0.39 is 0 Å². The first-order chi connectivity index (χ1) is 9.58. The van der Waals surface area contributed by atoms with Crippen LogP contribution in [0.3, 0.4) is 0 Å². The lowest BCUT2D eigenvalue weighted by atomic mass is 10.2. The molecule has 0 spiro atoms. The van der Waals surface area contributed by atoms with Gasteiger partial charge in [-0.25, -0.2) is 0 Å². The second-order valence-electron chi connectivity index (χ2n) is 4.70. The van der Waals surface area contributed by atoms with E-state index in [-0.39, 0.29) is 12.5 Å². The number of hydrogen-bond acceptors (Lipinski definition) is 4. The largest absolute Gasteiger partial charge is 0.384 e. The molecule has 0 radical (unpaired) electrons. The molecule has 0 bridgehead atoms. The van der Waals surface area contributed by atoms with E-state index in [0.29, 0.717) is 12.1 Å². The molecular formula is C15H22N2O2S. The molecular weight excluding hydrogens is 272 g/mol. The first-order valence-corrected chi connectivity index (χ1v) is 7.58. The fourth-order valence-electron chi connectivity index (χ4n) is 1.80. The average molecular weight is 294 g/mol. The first kappa shape index (κ1) is 16.7. The third kappa shape index (κ3) is 5.33. The smallest absolute Gasteiger partial charge is 0.254 e. The molecule has 1 N–H and O–H groups in total. The Morgan fingerprint density at radius 2 is 2.15 bits per heavy atom. The van der Waals surface area contributed by atoms with Crippen molar-refractivity contribution >= 4 is 17.2 Å². The summed E-state index contributed by atoms with van der Waals surface area (Å²) < 4.78 is 0. The lowest BCUT2D eigenvalue weighted by Gasteiger charge is -2.21. The highest BCUT2D eigenvalue weighted by atomic mass is 32.1. The molecule has 0 aliphatic heterocycles. The average Bonchev–Trinajstić information content (AvgIpc) is 2.89. The summed E-state index contributed by atoms with van der Waals surface area (Å²) in [5, 5.41) is 10.5. The topological polar surface area (TPSA) is 43.8 Å². The zero-order valence-corrected chi connectivity index (χ0v) is 13.2. The maximum Gasteiger partial charge on any atom is 0.254 e. The Labute approximate surface area is 125 Å². The number of carbonyl (C=O) groups excluding carboxylic acids is 1. The van der Waals surface area contributed by atoms with Crippen molar-refractivity contribution < 1.29 is 9.90 Å². The molecule has 1 aromatic heterocycles. The van der Waals surface area contributed by atoms with Gasteiger partial charge in [-0.2, -0.15) is 0 Å². The van der Waals surface area contributed by atoms with E-state index >= 15 is 0 Å². The molecule has 0 aromatic carbocycles. The van der Waals surface area contributed by atoms with Crippen LogP contribution in [0.25, 0.3) is 0 Å². The van der Waals surface area contributed by atoms with Crippen LogP contribution in [0.15, 0.2) is 11.4 Å². The van der Waals surface area contributed by atoms with Crippen LogP contribution < -0.4 is 0 Å². The van der Waals surface area contributed by atoms with Crippen LogP contribution in [0.5, 0.6) is 0 Å². The second kappa shape index (κ2) is 8.75. The van der Waals surface area contributed by atoms with Crippen molar-refractivity contribution in [2.45, 2.75) is 13.3 Å². The van der Waals surface area contributed by atoms with Gasteiger partial charge in [-0.05, 0) is 40.1 Å². The fourth-order valence-corrected chi connectivity index (χ4v) is 2.55. The monoisotopic (exact) mass is 294 g/mol. The summed E-state index contributed by atoms with van der Waals surface area (Å²) >= 11 is 1.43. The Balaban J connectivity index is 2.63. The van der Waals surface area contributed by atoms with Gasteiger partial charge in [0.05, 0.1) is 10.4 Å². The Morgan fingerprint density at radius 1 is 1.40 bits per heavy atom. The van der Waals surface area contributed by atoms with Crippen LogP contribution in [-0.4, -0.2) is 61.2 Å². The number of aliphatic hydroxyl groups is 1. The van der Waals surface area contributed by atoms with Crippen molar-refractivity contribution in [1.29, 1.82) is 0 Å². The molecule has 1 amide bonds. The van der Waals surface area contributed by atoms with Gasteiger partial charge in [0.1, 0.15) is 6.61 Å². The van der Waals surface area contributed by atoms with Gasteiger partial charge in [0, 0.05) is 18.5 Å². The van der Waals surface area contributed by atoms with Gasteiger partial charge in [-0.15, -0.1) is 11.3 Å². The van der Waals surface area contributed by atoms with Crippen molar-refractivity contribution in [1.82, 2.24) is 9.80 Å². The lowest BCUT2D eigenvalue weighted by molar-refractivity contribution is 0.0760. The predicted octanol–water partition coefficient (Wildman–Crippen LogP) is 1.51. The molecule has 0 aliphatic rings. The number of thiophene rings is 1. The van der Waals surface area contributed by atoms with Crippen LogP contribution in [0.1, 0.15) is 28.6 Å². The molecule has 1 heterocycles. The van der Waals surface area contributed by atoms with Crippen molar-refractivity contribution in [3.63, 3.8) is 0 Å². The zero-order chi connectivity index (χ0) is 15.0. The molecule has 4 nitrogen and oxygen atoms in total. The van der Waals surface area contributed by atoms with Gasteiger partial charge >= 0.3 is 0 Å². The highest BCUT2D eigenvalue weighted by Gasteiger charge is 2.15. The number of carbonyl (C=O) groups is 1. The molecule has 0 aliphatic carbocycles. The summed E-state index contributed by atoms with van der Waals surface area (Å²) in [6.45, 7) is 4.28. The maximum atomic E-state index is 12.4. The van der Waals surface area contributed by atoms with Gasteiger partial charge in [0.25, 0.3) is 5.91 Å². The summed E-state index contributed by atoms with van der Waals surface area (Å²) in [6.07, 6.45) is 0.966. The molecule has 1 aromatic rings.